The molecule has 3 rings (SSSR count). The van der Waals surface area contributed by atoms with Crippen LogP contribution >= 0.6 is 28.1 Å². The second kappa shape index (κ2) is 7.02. The van der Waals surface area contributed by atoms with Crippen molar-refractivity contribution in [2.75, 3.05) is 4.90 Å². The largest absolute Gasteiger partial charge is 0.301 e. The van der Waals surface area contributed by atoms with E-state index in [1.807, 2.05) is 24.3 Å². The number of thiocarbonyl (C=S) groups is 1. The SMILES string of the molecule is O=C1NC(=S)N(c2ccccc2)C(=O)[C@H]1C=Nc1ccccc1Br. The molecule has 1 aliphatic rings. The van der Waals surface area contributed by atoms with Gasteiger partial charge in [-0.2, -0.15) is 0 Å². The first-order valence-electron chi connectivity index (χ1n) is 7.10. The number of amides is 2. The zero-order valence-electron chi connectivity index (χ0n) is 12.3. The molecule has 0 bridgehead atoms. The van der Waals surface area contributed by atoms with Gasteiger partial charge in [0.25, 0.3) is 5.91 Å². The number of carbonyl (C=O) groups is 2. The van der Waals surface area contributed by atoms with Crippen molar-refractivity contribution in [1.29, 1.82) is 0 Å². The van der Waals surface area contributed by atoms with Crippen molar-refractivity contribution >= 4 is 62.7 Å². The van der Waals surface area contributed by atoms with E-state index >= 15 is 0 Å². The lowest BCUT2D eigenvalue weighted by molar-refractivity contribution is -0.130. The summed E-state index contributed by atoms with van der Waals surface area (Å²) in [4.78, 5) is 30.4. The highest BCUT2D eigenvalue weighted by molar-refractivity contribution is 9.10. The Morgan fingerprint density at radius 2 is 1.75 bits per heavy atom. The first-order valence-corrected chi connectivity index (χ1v) is 8.30. The highest BCUT2D eigenvalue weighted by Gasteiger charge is 2.38. The van der Waals surface area contributed by atoms with Gasteiger partial charge >= 0.3 is 0 Å². The molecule has 0 aromatic heterocycles. The molecular weight excluding hydrogens is 390 g/mol. The van der Waals surface area contributed by atoms with Gasteiger partial charge in [0.05, 0.1) is 11.4 Å². The standard InChI is InChI=1S/C17H12BrN3O2S/c18-13-8-4-5-9-14(13)19-10-12-15(22)20-17(24)21(16(12)23)11-6-2-1-3-7-11/h1-10,12H,(H,20,22,24)/t12-/m0/s1. The van der Waals surface area contributed by atoms with Crippen LogP contribution in [0.15, 0.2) is 64.1 Å². The molecule has 7 heteroatoms. The lowest BCUT2D eigenvalue weighted by Gasteiger charge is -2.30. The monoisotopic (exact) mass is 401 g/mol. The Bertz CT molecular complexity index is 839. The van der Waals surface area contributed by atoms with Crippen LogP contribution in [0.25, 0.3) is 0 Å². The van der Waals surface area contributed by atoms with Gasteiger partial charge in [0.1, 0.15) is 0 Å². The molecule has 5 nitrogen and oxygen atoms in total. The summed E-state index contributed by atoms with van der Waals surface area (Å²) in [5, 5.41) is 2.62. The van der Waals surface area contributed by atoms with Crippen LogP contribution in [0.1, 0.15) is 0 Å². The number of benzene rings is 2. The van der Waals surface area contributed by atoms with E-state index in [-0.39, 0.29) is 5.11 Å². The van der Waals surface area contributed by atoms with Gasteiger partial charge in [0, 0.05) is 10.7 Å². The maximum absolute atomic E-state index is 12.7. The molecule has 24 heavy (non-hydrogen) atoms. The Labute approximate surface area is 152 Å². The van der Waals surface area contributed by atoms with Crippen molar-refractivity contribution in [3.8, 4) is 0 Å². The lowest BCUT2D eigenvalue weighted by Crippen LogP contribution is -2.58. The summed E-state index contributed by atoms with van der Waals surface area (Å²) in [5.74, 6) is -1.94. The van der Waals surface area contributed by atoms with Crippen LogP contribution in [-0.4, -0.2) is 23.1 Å². The number of hydrogen-bond acceptors (Lipinski definition) is 4. The number of nitrogens with zero attached hydrogens (tertiary/aromatic N) is 2. The van der Waals surface area contributed by atoms with Gasteiger partial charge in [0.2, 0.25) is 5.91 Å². The first kappa shape index (κ1) is 16.5. The van der Waals surface area contributed by atoms with E-state index in [1.54, 1.807) is 30.3 Å². The van der Waals surface area contributed by atoms with Crippen LogP contribution in [0.3, 0.4) is 0 Å². The molecule has 2 aromatic carbocycles. The van der Waals surface area contributed by atoms with Gasteiger partial charge in [-0.05, 0) is 52.4 Å². The van der Waals surface area contributed by atoms with Gasteiger partial charge in [-0.3, -0.25) is 19.5 Å². The van der Waals surface area contributed by atoms with E-state index in [4.69, 9.17) is 12.2 Å². The van der Waals surface area contributed by atoms with Crippen LogP contribution in [0.2, 0.25) is 0 Å². The minimum Gasteiger partial charge on any atom is -0.301 e. The Hall–Kier alpha value is -2.38. The van der Waals surface area contributed by atoms with Gasteiger partial charge in [-0.1, -0.05) is 30.3 Å². The van der Waals surface area contributed by atoms with E-state index in [0.717, 1.165) is 4.47 Å². The summed E-state index contributed by atoms with van der Waals surface area (Å²) in [7, 11) is 0. The average Bonchev–Trinajstić information content (AvgIpc) is 2.57. The molecule has 0 unspecified atom stereocenters. The normalized spacial score (nSPS) is 18.1. The second-order valence-corrected chi connectivity index (χ2v) is 6.25. The summed E-state index contributed by atoms with van der Waals surface area (Å²) in [5.41, 5.74) is 1.24. The molecule has 120 valence electrons. The number of para-hydroxylation sites is 2. The van der Waals surface area contributed by atoms with Crippen molar-refractivity contribution in [3.05, 3.63) is 59.1 Å². The van der Waals surface area contributed by atoms with Crippen molar-refractivity contribution in [1.82, 2.24) is 5.32 Å². The van der Waals surface area contributed by atoms with Crippen LogP contribution in [0.5, 0.6) is 0 Å². The van der Waals surface area contributed by atoms with Crippen molar-refractivity contribution in [2.45, 2.75) is 0 Å². The number of hydrogen-bond donors (Lipinski definition) is 1. The second-order valence-electron chi connectivity index (χ2n) is 5.01. The molecule has 2 aromatic rings. The van der Waals surface area contributed by atoms with E-state index in [0.29, 0.717) is 11.4 Å². The number of rotatable bonds is 3. The Morgan fingerprint density at radius 3 is 2.46 bits per heavy atom. The molecule has 0 radical (unpaired) electrons. The molecule has 1 heterocycles. The molecule has 1 fully saturated rings. The summed E-state index contributed by atoms with van der Waals surface area (Å²) in [6.07, 6.45) is 1.34. The van der Waals surface area contributed by atoms with Crippen LogP contribution in [0.4, 0.5) is 11.4 Å². The zero-order chi connectivity index (χ0) is 17.1. The third-order valence-electron chi connectivity index (χ3n) is 3.43. The van der Waals surface area contributed by atoms with E-state index in [9.17, 15) is 9.59 Å². The molecule has 1 saturated heterocycles. The molecule has 2 amide bonds. The number of halogens is 1. The van der Waals surface area contributed by atoms with Gasteiger partial charge in [-0.15, -0.1) is 0 Å². The predicted molar refractivity (Wildman–Crippen MR) is 100 cm³/mol. The Morgan fingerprint density at radius 1 is 1.08 bits per heavy atom. The van der Waals surface area contributed by atoms with Crippen molar-refractivity contribution in [3.63, 3.8) is 0 Å². The van der Waals surface area contributed by atoms with E-state index in [1.165, 1.54) is 11.1 Å². The fraction of sp³-hybridized carbons (Fsp3) is 0.0588. The Balaban J connectivity index is 1.90. The topological polar surface area (TPSA) is 61.8 Å². The molecule has 0 aliphatic carbocycles. The van der Waals surface area contributed by atoms with Gasteiger partial charge in [0.15, 0.2) is 11.0 Å². The van der Waals surface area contributed by atoms with Crippen molar-refractivity contribution in [2.24, 2.45) is 10.9 Å². The third kappa shape index (κ3) is 3.27. The molecular formula is C17H12BrN3O2S. The zero-order valence-corrected chi connectivity index (χ0v) is 14.8. The fourth-order valence-corrected chi connectivity index (χ4v) is 2.94. The number of aliphatic imine (C=N–C) groups is 1. The summed E-state index contributed by atoms with van der Waals surface area (Å²) >= 11 is 8.52. The number of anilines is 1. The number of carbonyl (C=O) groups excluding carboxylic acids is 2. The highest BCUT2D eigenvalue weighted by atomic mass is 79.9. The van der Waals surface area contributed by atoms with Gasteiger partial charge in [-0.25, -0.2) is 0 Å². The molecule has 0 spiro atoms. The summed E-state index contributed by atoms with van der Waals surface area (Å²) < 4.78 is 0.778. The molecule has 0 saturated carbocycles. The average molecular weight is 402 g/mol. The molecule has 1 N–H and O–H groups in total. The summed E-state index contributed by atoms with van der Waals surface area (Å²) in [6.45, 7) is 0. The Kier molecular flexibility index (Phi) is 4.82. The van der Waals surface area contributed by atoms with E-state index < -0.39 is 17.7 Å². The summed E-state index contributed by atoms with van der Waals surface area (Å²) in [6, 6.07) is 16.2. The maximum Gasteiger partial charge on any atom is 0.251 e. The molecule has 1 aliphatic heterocycles. The quantitative estimate of drug-likeness (QED) is 0.487. The molecule has 1 atom stereocenters. The third-order valence-corrected chi connectivity index (χ3v) is 4.39. The smallest absolute Gasteiger partial charge is 0.251 e. The van der Waals surface area contributed by atoms with Crippen LogP contribution in [0, 0.1) is 5.92 Å². The maximum atomic E-state index is 12.7. The minimum absolute atomic E-state index is 0.0711. The number of nitrogens with one attached hydrogen (secondary N) is 1. The first-order chi connectivity index (χ1) is 11.6. The lowest BCUT2D eigenvalue weighted by atomic mass is 10.1. The van der Waals surface area contributed by atoms with Crippen LogP contribution < -0.4 is 10.2 Å². The van der Waals surface area contributed by atoms with E-state index in [2.05, 4.69) is 26.2 Å². The fourth-order valence-electron chi connectivity index (χ4n) is 2.25. The van der Waals surface area contributed by atoms with Crippen LogP contribution in [-0.2, 0) is 9.59 Å². The van der Waals surface area contributed by atoms with Crippen molar-refractivity contribution < 1.29 is 9.59 Å². The highest BCUT2D eigenvalue weighted by Crippen LogP contribution is 2.25. The minimum atomic E-state index is -1.04. The van der Waals surface area contributed by atoms with Gasteiger partial charge < -0.3 is 5.32 Å². The predicted octanol–water partition coefficient (Wildman–Crippen LogP) is 3.22.